The Hall–Kier alpha value is -2.38. The van der Waals surface area contributed by atoms with Crippen molar-refractivity contribution < 1.29 is 17.9 Å². The van der Waals surface area contributed by atoms with Crippen LogP contribution in [0, 0.1) is 6.92 Å². The van der Waals surface area contributed by atoms with Crippen molar-refractivity contribution in [2.75, 3.05) is 18.4 Å². The predicted octanol–water partition coefficient (Wildman–Crippen LogP) is 4.21. The molecule has 1 saturated heterocycles. The largest absolute Gasteiger partial charge is 0.489 e. The summed E-state index contributed by atoms with van der Waals surface area (Å²) in [7, 11) is -3.61. The van der Waals surface area contributed by atoms with Crippen LogP contribution in [0.2, 0.25) is 0 Å². The number of nitrogens with one attached hydrogen (secondary N) is 1. The maximum atomic E-state index is 13.1. The van der Waals surface area contributed by atoms with E-state index in [1.54, 1.807) is 24.3 Å². The SMILES string of the molecule is Cc1ccccc1C(=O)Nc1cc(S(=O)(=O)N2CCCCC2)ccc1OC(C)C. The number of hydrogen-bond acceptors (Lipinski definition) is 4. The molecule has 1 aliphatic rings. The molecule has 3 rings (SSSR count). The van der Waals surface area contributed by atoms with Crippen molar-refractivity contribution in [3.05, 3.63) is 53.6 Å². The Kier molecular flexibility index (Phi) is 6.59. The Morgan fingerprint density at radius 1 is 1.07 bits per heavy atom. The molecule has 0 saturated carbocycles. The molecule has 0 spiro atoms. The third kappa shape index (κ3) is 4.97. The van der Waals surface area contributed by atoms with Crippen molar-refractivity contribution in [3.63, 3.8) is 0 Å². The molecule has 0 unspecified atom stereocenters. The van der Waals surface area contributed by atoms with Gasteiger partial charge in [-0.3, -0.25) is 4.79 Å². The summed E-state index contributed by atoms with van der Waals surface area (Å²) in [5.74, 6) is 0.142. The first-order valence-corrected chi connectivity index (χ1v) is 11.4. The molecule has 2 aromatic carbocycles. The first-order chi connectivity index (χ1) is 13.8. The molecular weight excluding hydrogens is 388 g/mol. The first-order valence-electron chi connectivity index (χ1n) is 9.97. The van der Waals surface area contributed by atoms with Crippen molar-refractivity contribution in [2.45, 2.75) is 51.0 Å². The van der Waals surface area contributed by atoms with Crippen molar-refractivity contribution >= 4 is 21.6 Å². The van der Waals surface area contributed by atoms with E-state index in [0.29, 0.717) is 30.1 Å². The average molecular weight is 417 g/mol. The summed E-state index contributed by atoms with van der Waals surface area (Å²) in [5, 5.41) is 2.84. The molecule has 1 N–H and O–H groups in total. The van der Waals surface area contributed by atoms with Crippen LogP contribution in [-0.2, 0) is 10.0 Å². The van der Waals surface area contributed by atoms with E-state index in [1.165, 1.54) is 10.4 Å². The Morgan fingerprint density at radius 3 is 2.41 bits per heavy atom. The number of sulfonamides is 1. The number of aryl methyl sites for hydroxylation is 1. The summed E-state index contributed by atoms with van der Waals surface area (Å²) in [5.41, 5.74) is 1.73. The fourth-order valence-electron chi connectivity index (χ4n) is 3.40. The molecule has 6 nitrogen and oxygen atoms in total. The number of piperidine rings is 1. The summed E-state index contributed by atoms with van der Waals surface area (Å²) in [4.78, 5) is 13.0. The van der Waals surface area contributed by atoms with Crippen molar-refractivity contribution in [1.82, 2.24) is 4.31 Å². The van der Waals surface area contributed by atoms with E-state index in [-0.39, 0.29) is 16.9 Å². The van der Waals surface area contributed by atoms with Crippen LogP contribution in [0.4, 0.5) is 5.69 Å². The third-order valence-corrected chi connectivity index (χ3v) is 6.80. The molecule has 0 aliphatic carbocycles. The number of amides is 1. The number of benzene rings is 2. The summed E-state index contributed by atoms with van der Waals surface area (Å²) >= 11 is 0. The lowest BCUT2D eigenvalue weighted by atomic mass is 10.1. The van der Waals surface area contributed by atoms with E-state index in [1.807, 2.05) is 32.9 Å². The van der Waals surface area contributed by atoms with Gasteiger partial charge < -0.3 is 10.1 Å². The number of hydrogen-bond donors (Lipinski definition) is 1. The Labute approximate surface area is 172 Å². The molecule has 29 heavy (non-hydrogen) atoms. The van der Waals surface area contributed by atoms with Crippen LogP contribution < -0.4 is 10.1 Å². The molecule has 156 valence electrons. The summed E-state index contributed by atoms with van der Waals surface area (Å²) < 4.78 is 33.4. The number of anilines is 1. The van der Waals surface area contributed by atoms with Gasteiger partial charge in [0, 0.05) is 18.7 Å². The lowest BCUT2D eigenvalue weighted by Gasteiger charge is -2.26. The van der Waals surface area contributed by atoms with Gasteiger partial charge in [-0.1, -0.05) is 24.6 Å². The fourth-order valence-corrected chi connectivity index (χ4v) is 4.94. The standard InChI is InChI=1S/C22H28N2O4S/c1-16(2)28-21-12-11-18(29(26,27)24-13-7-4-8-14-24)15-20(21)23-22(25)19-10-6-5-9-17(19)3/h5-6,9-12,15-16H,4,7-8,13-14H2,1-3H3,(H,23,25). The maximum absolute atomic E-state index is 13.1. The van der Waals surface area contributed by atoms with Gasteiger partial charge in [-0.2, -0.15) is 4.31 Å². The zero-order chi connectivity index (χ0) is 21.0. The average Bonchev–Trinajstić information content (AvgIpc) is 2.69. The summed E-state index contributed by atoms with van der Waals surface area (Å²) in [6.45, 7) is 6.67. The number of carbonyl (C=O) groups excluding carboxylic acids is 1. The topological polar surface area (TPSA) is 75.7 Å². The molecule has 7 heteroatoms. The first kappa shape index (κ1) is 21.3. The van der Waals surface area contributed by atoms with Crippen LogP contribution in [0.15, 0.2) is 47.4 Å². The zero-order valence-electron chi connectivity index (χ0n) is 17.1. The number of rotatable bonds is 6. The van der Waals surface area contributed by atoms with Crippen LogP contribution in [0.1, 0.15) is 49.0 Å². The Morgan fingerprint density at radius 2 is 1.76 bits per heavy atom. The molecule has 1 aliphatic heterocycles. The lowest BCUT2D eigenvalue weighted by molar-refractivity contribution is 0.102. The second-order valence-corrected chi connectivity index (χ2v) is 9.50. The molecule has 0 radical (unpaired) electrons. The molecular formula is C22H28N2O4S. The van der Waals surface area contributed by atoms with Gasteiger partial charge >= 0.3 is 0 Å². The van der Waals surface area contributed by atoms with Crippen LogP contribution in [-0.4, -0.2) is 37.8 Å². The zero-order valence-corrected chi connectivity index (χ0v) is 18.0. The number of nitrogens with zero attached hydrogens (tertiary/aromatic N) is 1. The highest BCUT2D eigenvalue weighted by atomic mass is 32.2. The monoisotopic (exact) mass is 416 g/mol. The van der Waals surface area contributed by atoms with Gasteiger partial charge in [0.1, 0.15) is 5.75 Å². The highest BCUT2D eigenvalue weighted by Gasteiger charge is 2.27. The quantitative estimate of drug-likeness (QED) is 0.765. The van der Waals surface area contributed by atoms with Crippen molar-refractivity contribution in [2.24, 2.45) is 0 Å². The van der Waals surface area contributed by atoms with Crippen LogP contribution >= 0.6 is 0 Å². The Bertz CT molecular complexity index is 980. The van der Waals surface area contributed by atoms with Gasteiger partial charge in [-0.05, 0) is 63.4 Å². The van der Waals surface area contributed by atoms with Crippen molar-refractivity contribution in [3.8, 4) is 5.75 Å². The highest BCUT2D eigenvalue weighted by molar-refractivity contribution is 7.89. The second kappa shape index (κ2) is 8.97. The van der Waals surface area contributed by atoms with Crippen molar-refractivity contribution in [1.29, 1.82) is 0 Å². The van der Waals surface area contributed by atoms with Gasteiger partial charge in [0.25, 0.3) is 5.91 Å². The van der Waals surface area contributed by atoms with E-state index in [9.17, 15) is 13.2 Å². The minimum atomic E-state index is -3.61. The molecule has 1 heterocycles. The molecule has 1 fully saturated rings. The number of ether oxygens (including phenoxy) is 1. The third-order valence-electron chi connectivity index (χ3n) is 4.90. The number of carbonyl (C=O) groups is 1. The van der Waals surface area contributed by atoms with Gasteiger partial charge in [-0.15, -0.1) is 0 Å². The minimum Gasteiger partial charge on any atom is -0.489 e. The second-order valence-electron chi connectivity index (χ2n) is 7.56. The van der Waals surface area contributed by atoms with E-state index in [4.69, 9.17) is 4.74 Å². The van der Waals surface area contributed by atoms with Crippen LogP contribution in [0.5, 0.6) is 5.75 Å². The van der Waals surface area contributed by atoms with E-state index < -0.39 is 10.0 Å². The molecule has 0 bridgehead atoms. The van der Waals surface area contributed by atoms with Gasteiger partial charge in [-0.25, -0.2) is 8.42 Å². The summed E-state index contributed by atoms with van der Waals surface area (Å²) in [6.07, 6.45) is 2.66. The fraction of sp³-hybridized carbons (Fsp3) is 0.409. The predicted molar refractivity (Wildman–Crippen MR) is 114 cm³/mol. The van der Waals surface area contributed by atoms with Gasteiger partial charge in [0.2, 0.25) is 10.0 Å². The van der Waals surface area contributed by atoms with E-state index >= 15 is 0 Å². The molecule has 0 atom stereocenters. The van der Waals surface area contributed by atoms with Gasteiger partial charge in [0.15, 0.2) is 0 Å². The molecule has 1 amide bonds. The van der Waals surface area contributed by atoms with Crippen LogP contribution in [0.3, 0.4) is 0 Å². The minimum absolute atomic E-state index is 0.117. The van der Waals surface area contributed by atoms with E-state index in [2.05, 4.69) is 5.32 Å². The van der Waals surface area contributed by atoms with Gasteiger partial charge in [0.05, 0.1) is 16.7 Å². The highest BCUT2D eigenvalue weighted by Crippen LogP contribution is 2.31. The molecule has 0 aromatic heterocycles. The smallest absolute Gasteiger partial charge is 0.256 e. The summed E-state index contributed by atoms with van der Waals surface area (Å²) in [6, 6.07) is 11.9. The molecule has 2 aromatic rings. The maximum Gasteiger partial charge on any atom is 0.256 e. The van der Waals surface area contributed by atoms with Crippen LogP contribution in [0.25, 0.3) is 0 Å². The lowest BCUT2D eigenvalue weighted by Crippen LogP contribution is -2.35. The van der Waals surface area contributed by atoms with E-state index in [0.717, 1.165) is 24.8 Å². The normalized spacial score (nSPS) is 15.3. The Balaban J connectivity index is 1.96.